The molecule has 0 aliphatic rings. The fraction of sp³-hybridized carbons (Fsp3) is 0.333. The highest BCUT2D eigenvalue weighted by molar-refractivity contribution is 5.21. The molecule has 2 nitrogen and oxygen atoms in total. The quantitative estimate of drug-likeness (QED) is 0.744. The zero-order valence-corrected chi connectivity index (χ0v) is 7.35. The third-order valence-corrected chi connectivity index (χ3v) is 1.80. The van der Waals surface area contributed by atoms with Gasteiger partial charge in [-0.3, -0.25) is 0 Å². The molecule has 0 radical (unpaired) electrons. The second-order valence-electron chi connectivity index (χ2n) is 2.84. The molecule has 0 amide bonds. The van der Waals surface area contributed by atoms with Crippen LogP contribution < -0.4 is 11.1 Å². The molecule has 0 fully saturated rings. The van der Waals surface area contributed by atoms with E-state index in [4.69, 9.17) is 5.73 Å². The Kier molecular flexibility index (Phi) is 3.33. The van der Waals surface area contributed by atoms with Crippen LogP contribution in [0.3, 0.4) is 0 Å². The van der Waals surface area contributed by atoms with Crippen molar-refractivity contribution in [2.45, 2.75) is 6.04 Å². The summed E-state index contributed by atoms with van der Waals surface area (Å²) in [7, 11) is 1.75. The molecule has 1 aromatic carbocycles. The molecule has 1 aromatic rings. The van der Waals surface area contributed by atoms with Crippen LogP contribution in [0.4, 0.5) is 8.78 Å². The lowest BCUT2D eigenvalue weighted by atomic mass is 10.1. The number of benzene rings is 1. The lowest BCUT2D eigenvalue weighted by Gasteiger charge is -2.10. The maximum absolute atomic E-state index is 12.7. The molecule has 4 heteroatoms. The van der Waals surface area contributed by atoms with Gasteiger partial charge in [0, 0.05) is 12.6 Å². The Bertz CT molecular complexity index is 289. The Labute approximate surface area is 75.7 Å². The molecule has 1 atom stereocenters. The summed E-state index contributed by atoms with van der Waals surface area (Å²) in [5, 5.41) is 2.86. The number of hydrogen-bond donors (Lipinski definition) is 2. The molecule has 0 aromatic heterocycles. The smallest absolute Gasteiger partial charge is 0.159 e. The Morgan fingerprint density at radius 3 is 2.62 bits per heavy atom. The fourth-order valence-electron chi connectivity index (χ4n) is 1.08. The average molecular weight is 186 g/mol. The molecule has 3 N–H and O–H groups in total. The van der Waals surface area contributed by atoms with Gasteiger partial charge in [0.05, 0.1) is 0 Å². The number of nitrogens with one attached hydrogen (secondary N) is 1. The zero-order chi connectivity index (χ0) is 9.84. The second-order valence-corrected chi connectivity index (χ2v) is 2.84. The Morgan fingerprint density at radius 2 is 2.08 bits per heavy atom. The molecule has 0 heterocycles. The molecular weight excluding hydrogens is 174 g/mol. The van der Waals surface area contributed by atoms with Gasteiger partial charge in [0.25, 0.3) is 0 Å². The van der Waals surface area contributed by atoms with Crippen LogP contribution in [0.2, 0.25) is 0 Å². The summed E-state index contributed by atoms with van der Waals surface area (Å²) >= 11 is 0. The number of halogens is 2. The monoisotopic (exact) mass is 186 g/mol. The predicted octanol–water partition coefficient (Wildman–Crippen LogP) is 1.18. The minimum absolute atomic E-state index is 0.305. The van der Waals surface area contributed by atoms with E-state index in [0.717, 1.165) is 12.1 Å². The van der Waals surface area contributed by atoms with Crippen LogP contribution in [0.1, 0.15) is 11.6 Å². The van der Waals surface area contributed by atoms with Crippen LogP contribution in [-0.2, 0) is 0 Å². The Hall–Kier alpha value is -1.00. The summed E-state index contributed by atoms with van der Waals surface area (Å²) in [6, 6.07) is 3.39. The minimum atomic E-state index is -0.857. The lowest BCUT2D eigenvalue weighted by Crippen LogP contribution is -2.24. The van der Waals surface area contributed by atoms with Crippen LogP contribution in [0.25, 0.3) is 0 Å². The van der Waals surface area contributed by atoms with Crippen molar-refractivity contribution >= 4 is 0 Å². The molecule has 0 aliphatic heterocycles. The Balaban J connectivity index is 2.84. The van der Waals surface area contributed by atoms with Gasteiger partial charge in [0.1, 0.15) is 0 Å². The SMILES string of the molecule is CNCC(N)c1ccc(F)c(F)c1. The standard InChI is InChI=1S/C9H12F2N2/c1-13-5-9(12)6-2-3-7(10)8(11)4-6/h2-4,9,13H,5,12H2,1H3. The van der Waals surface area contributed by atoms with Crippen molar-refractivity contribution in [3.63, 3.8) is 0 Å². The van der Waals surface area contributed by atoms with Gasteiger partial charge in [-0.15, -0.1) is 0 Å². The summed E-state index contributed by atoms with van der Waals surface area (Å²) < 4.78 is 25.2. The van der Waals surface area contributed by atoms with E-state index in [1.165, 1.54) is 6.07 Å². The molecule has 0 aliphatic carbocycles. The van der Waals surface area contributed by atoms with Gasteiger partial charge in [0.15, 0.2) is 11.6 Å². The molecule has 72 valence electrons. The van der Waals surface area contributed by atoms with Crippen LogP contribution in [-0.4, -0.2) is 13.6 Å². The molecular formula is C9H12F2N2. The first kappa shape index (κ1) is 10.1. The van der Waals surface area contributed by atoms with E-state index in [1.807, 2.05) is 0 Å². The van der Waals surface area contributed by atoms with Gasteiger partial charge >= 0.3 is 0 Å². The van der Waals surface area contributed by atoms with Gasteiger partial charge in [-0.25, -0.2) is 8.78 Å². The van der Waals surface area contributed by atoms with E-state index in [0.29, 0.717) is 12.1 Å². The zero-order valence-electron chi connectivity index (χ0n) is 7.35. The molecule has 1 rings (SSSR count). The van der Waals surface area contributed by atoms with Crippen molar-refractivity contribution in [2.24, 2.45) is 5.73 Å². The van der Waals surface area contributed by atoms with Crippen molar-refractivity contribution < 1.29 is 8.78 Å². The molecule has 0 bridgehead atoms. The lowest BCUT2D eigenvalue weighted by molar-refractivity contribution is 0.504. The Morgan fingerprint density at radius 1 is 1.38 bits per heavy atom. The highest BCUT2D eigenvalue weighted by Crippen LogP contribution is 2.13. The minimum Gasteiger partial charge on any atom is -0.323 e. The van der Waals surface area contributed by atoms with Gasteiger partial charge in [-0.1, -0.05) is 6.07 Å². The van der Waals surface area contributed by atoms with E-state index in [9.17, 15) is 8.78 Å². The number of likely N-dealkylation sites (N-methyl/N-ethyl adjacent to an activating group) is 1. The van der Waals surface area contributed by atoms with Crippen LogP contribution in [0.5, 0.6) is 0 Å². The largest absolute Gasteiger partial charge is 0.323 e. The van der Waals surface area contributed by atoms with Crippen molar-refractivity contribution in [1.29, 1.82) is 0 Å². The number of rotatable bonds is 3. The first-order valence-electron chi connectivity index (χ1n) is 4.00. The van der Waals surface area contributed by atoms with Gasteiger partial charge in [-0.2, -0.15) is 0 Å². The normalized spacial score (nSPS) is 12.9. The predicted molar refractivity (Wildman–Crippen MR) is 47.2 cm³/mol. The third-order valence-electron chi connectivity index (χ3n) is 1.80. The van der Waals surface area contributed by atoms with Crippen molar-refractivity contribution in [3.8, 4) is 0 Å². The van der Waals surface area contributed by atoms with E-state index in [-0.39, 0.29) is 6.04 Å². The van der Waals surface area contributed by atoms with E-state index in [2.05, 4.69) is 5.32 Å². The van der Waals surface area contributed by atoms with Crippen LogP contribution in [0.15, 0.2) is 18.2 Å². The summed E-state index contributed by atoms with van der Waals surface area (Å²) in [5.74, 6) is -1.70. The summed E-state index contributed by atoms with van der Waals surface area (Å²) in [6.07, 6.45) is 0. The maximum atomic E-state index is 12.7. The van der Waals surface area contributed by atoms with Crippen LogP contribution >= 0.6 is 0 Å². The van der Waals surface area contributed by atoms with Crippen LogP contribution in [0, 0.1) is 11.6 Å². The van der Waals surface area contributed by atoms with E-state index < -0.39 is 11.6 Å². The molecule has 1 unspecified atom stereocenters. The first-order valence-corrected chi connectivity index (χ1v) is 4.00. The van der Waals surface area contributed by atoms with Crippen molar-refractivity contribution in [1.82, 2.24) is 5.32 Å². The molecule has 0 saturated carbocycles. The third kappa shape index (κ3) is 2.47. The number of nitrogens with two attached hydrogens (primary N) is 1. The van der Waals surface area contributed by atoms with Gasteiger partial charge in [0.2, 0.25) is 0 Å². The summed E-state index contributed by atoms with van der Waals surface area (Å²) in [4.78, 5) is 0. The highest BCUT2D eigenvalue weighted by atomic mass is 19.2. The van der Waals surface area contributed by atoms with E-state index >= 15 is 0 Å². The van der Waals surface area contributed by atoms with Gasteiger partial charge in [-0.05, 0) is 24.7 Å². The highest BCUT2D eigenvalue weighted by Gasteiger charge is 2.08. The van der Waals surface area contributed by atoms with Crippen molar-refractivity contribution in [2.75, 3.05) is 13.6 Å². The summed E-state index contributed by atoms with van der Waals surface area (Å²) in [5.41, 5.74) is 6.26. The average Bonchev–Trinajstić information content (AvgIpc) is 2.10. The fourth-order valence-corrected chi connectivity index (χ4v) is 1.08. The molecule has 0 spiro atoms. The van der Waals surface area contributed by atoms with E-state index in [1.54, 1.807) is 7.05 Å². The second kappa shape index (κ2) is 4.30. The first-order chi connectivity index (χ1) is 6.15. The number of hydrogen-bond acceptors (Lipinski definition) is 2. The van der Waals surface area contributed by atoms with Gasteiger partial charge < -0.3 is 11.1 Å². The topological polar surface area (TPSA) is 38.0 Å². The summed E-state index contributed by atoms with van der Waals surface area (Å²) in [6.45, 7) is 0.533. The molecule has 13 heavy (non-hydrogen) atoms. The maximum Gasteiger partial charge on any atom is 0.159 e. The molecule has 0 saturated heterocycles. The van der Waals surface area contributed by atoms with Crippen molar-refractivity contribution in [3.05, 3.63) is 35.4 Å².